The number of phenols is 1. The number of hydrogen-bond donors (Lipinski definition) is 1. The zero-order valence-corrected chi connectivity index (χ0v) is 14.8. The molecule has 0 fully saturated rings. The van der Waals surface area contributed by atoms with E-state index in [1.807, 2.05) is 30.3 Å². The van der Waals surface area contributed by atoms with Crippen molar-refractivity contribution in [3.05, 3.63) is 58.0 Å². The number of aliphatic imine (C=N–C) groups is 1. The van der Waals surface area contributed by atoms with Crippen molar-refractivity contribution in [3.63, 3.8) is 0 Å². The van der Waals surface area contributed by atoms with Gasteiger partial charge in [0.2, 0.25) is 0 Å². The van der Waals surface area contributed by atoms with Crippen molar-refractivity contribution in [1.29, 1.82) is 5.26 Å². The number of thiophene rings is 1. The van der Waals surface area contributed by atoms with Gasteiger partial charge in [0.05, 0.1) is 5.56 Å². The lowest BCUT2D eigenvalue weighted by Gasteiger charge is -2.17. The van der Waals surface area contributed by atoms with Crippen molar-refractivity contribution < 1.29 is 5.11 Å². The second-order valence-corrected chi connectivity index (χ2v) is 7.71. The predicted molar refractivity (Wildman–Crippen MR) is 103 cm³/mol. The number of nitriles is 1. The molecule has 1 N–H and O–H groups in total. The molecule has 4 rings (SSSR count). The van der Waals surface area contributed by atoms with E-state index in [9.17, 15) is 10.4 Å². The molecular formula is C21H18N2OS. The van der Waals surface area contributed by atoms with E-state index in [0.717, 1.165) is 35.0 Å². The number of fused-ring (bicyclic) bond motifs is 2. The fourth-order valence-corrected chi connectivity index (χ4v) is 4.79. The normalized spacial score (nSPS) is 16.9. The lowest BCUT2D eigenvalue weighted by atomic mass is 9.89. The molecule has 3 aromatic rings. The molecule has 0 amide bonds. The largest absolute Gasteiger partial charge is 0.507 e. The van der Waals surface area contributed by atoms with Gasteiger partial charge in [0.25, 0.3) is 0 Å². The lowest BCUT2D eigenvalue weighted by molar-refractivity contribution is 0.475. The van der Waals surface area contributed by atoms with Crippen molar-refractivity contribution in [2.24, 2.45) is 10.9 Å². The smallest absolute Gasteiger partial charge is 0.134 e. The van der Waals surface area contributed by atoms with Crippen LogP contribution >= 0.6 is 11.3 Å². The molecule has 0 saturated carbocycles. The van der Waals surface area contributed by atoms with Gasteiger partial charge in [-0.25, -0.2) is 4.99 Å². The van der Waals surface area contributed by atoms with Crippen molar-refractivity contribution in [2.45, 2.75) is 26.2 Å². The summed E-state index contributed by atoms with van der Waals surface area (Å²) in [4.78, 5) is 5.90. The van der Waals surface area contributed by atoms with Crippen molar-refractivity contribution in [2.75, 3.05) is 0 Å². The van der Waals surface area contributed by atoms with Gasteiger partial charge in [-0.3, -0.25) is 0 Å². The molecule has 0 unspecified atom stereocenters. The van der Waals surface area contributed by atoms with Gasteiger partial charge in [-0.05, 0) is 47.6 Å². The van der Waals surface area contributed by atoms with E-state index >= 15 is 0 Å². The third-order valence-electron chi connectivity index (χ3n) is 4.86. The van der Waals surface area contributed by atoms with E-state index in [2.05, 4.69) is 18.0 Å². The highest BCUT2D eigenvalue weighted by atomic mass is 32.1. The molecule has 1 aliphatic rings. The first-order valence-corrected chi connectivity index (χ1v) is 9.28. The molecule has 1 aromatic heterocycles. The Morgan fingerprint density at radius 2 is 2.12 bits per heavy atom. The summed E-state index contributed by atoms with van der Waals surface area (Å²) in [5, 5.41) is 22.6. The summed E-state index contributed by atoms with van der Waals surface area (Å²) in [5.41, 5.74) is 2.59. The van der Waals surface area contributed by atoms with E-state index in [1.54, 1.807) is 23.6 Å². The first kappa shape index (κ1) is 15.9. The molecule has 0 aliphatic heterocycles. The summed E-state index contributed by atoms with van der Waals surface area (Å²) >= 11 is 1.62. The predicted octanol–water partition coefficient (Wildman–Crippen LogP) is 5.35. The van der Waals surface area contributed by atoms with Gasteiger partial charge in [0.1, 0.15) is 16.8 Å². The van der Waals surface area contributed by atoms with Crippen LogP contribution in [0, 0.1) is 17.2 Å². The van der Waals surface area contributed by atoms with Gasteiger partial charge >= 0.3 is 0 Å². The van der Waals surface area contributed by atoms with E-state index in [1.165, 1.54) is 10.4 Å². The van der Waals surface area contributed by atoms with Crippen molar-refractivity contribution in [3.8, 4) is 11.8 Å². The lowest BCUT2D eigenvalue weighted by Crippen LogP contribution is -2.09. The fraction of sp³-hybridized carbons (Fsp3) is 0.238. The molecule has 0 bridgehead atoms. The molecule has 4 heteroatoms. The quantitative estimate of drug-likeness (QED) is 0.636. The fourth-order valence-electron chi connectivity index (χ4n) is 3.49. The van der Waals surface area contributed by atoms with Gasteiger partial charge in [-0.1, -0.05) is 37.3 Å². The van der Waals surface area contributed by atoms with E-state index in [4.69, 9.17) is 0 Å². The van der Waals surface area contributed by atoms with Crippen LogP contribution in [0.15, 0.2) is 41.4 Å². The minimum absolute atomic E-state index is 0.205. The topological polar surface area (TPSA) is 56.4 Å². The van der Waals surface area contributed by atoms with Crippen LogP contribution in [-0.2, 0) is 12.8 Å². The summed E-state index contributed by atoms with van der Waals surface area (Å²) in [7, 11) is 0. The van der Waals surface area contributed by atoms with Crippen LogP contribution in [0.5, 0.6) is 5.75 Å². The highest BCUT2D eigenvalue weighted by Gasteiger charge is 2.23. The van der Waals surface area contributed by atoms with Crippen LogP contribution in [0.2, 0.25) is 0 Å². The van der Waals surface area contributed by atoms with Crippen LogP contribution in [0.4, 0.5) is 5.00 Å². The van der Waals surface area contributed by atoms with Crippen LogP contribution in [-0.4, -0.2) is 11.3 Å². The number of phenolic OH excluding ortho intramolecular Hbond substituents is 1. The zero-order valence-electron chi connectivity index (χ0n) is 14.0. The molecule has 3 nitrogen and oxygen atoms in total. The molecule has 0 radical (unpaired) electrons. The molecular weight excluding hydrogens is 328 g/mol. The number of benzene rings is 2. The molecule has 0 spiro atoms. The summed E-state index contributed by atoms with van der Waals surface area (Å²) in [6, 6.07) is 13.8. The van der Waals surface area contributed by atoms with Gasteiger partial charge in [-0.2, -0.15) is 5.26 Å². The number of aromatic hydroxyl groups is 1. The number of rotatable bonds is 2. The number of hydrogen-bond acceptors (Lipinski definition) is 4. The minimum atomic E-state index is 0.205. The molecule has 124 valence electrons. The van der Waals surface area contributed by atoms with Crippen LogP contribution in [0.3, 0.4) is 0 Å². The third kappa shape index (κ3) is 2.81. The monoisotopic (exact) mass is 346 g/mol. The van der Waals surface area contributed by atoms with Crippen molar-refractivity contribution in [1.82, 2.24) is 0 Å². The summed E-state index contributed by atoms with van der Waals surface area (Å²) < 4.78 is 0. The molecule has 1 heterocycles. The Balaban J connectivity index is 1.79. The average molecular weight is 346 g/mol. The summed E-state index contributed by atoms with van der Waals surface area (Å²) in [6.45, 7) is 2.26. The highest BCUT2D eigenvalue weighted by Crippen LogP contribution is 2.41. The summed E-state index contributed by atoms with van der Waals surface area (Å²) in [6.07, 6.45) is 4.82. The Hall–Kier alpha value is -2.64. The Morgan fingerprint density at radius 1 is 1.28 bits per heavy atom. The third-order valence-corrected chi connectivity index (χ3v) is 6.03. The second-order valence-electron chi connectivity index (χ2n) is 6.62. The van der Waals surface area contributed by atoms with Gasteiger partial charge in [-0.15, -0.1) is 11.3 Å². The Morgan fingerprint density at radius 3 is 2.96 bits per heavy atom. The molecule has 0 saturated heterocycles. The van der Waals surface area contributed by atoms with Crippen LogP contribution in [0.1, 0.15) is 34.9 Å². The first-order valence-electron chi connectivity index (χ1n) is 8.46. The van der Waals surface area contributed by atoms with E-state index < -0.39 is 0 Å². The zero-order chi connectivity index (χ0) is 17.4. The minimum Gasteiger partial charge on any atom is -0.507 e. The average Bonchev–Trinajstić information content (AvgIpc) is 2.97. The maximum absolute atomic E-state index is 10.3. The van der Waals surface area contributed by atoms with Gasteiger partial charge < -0.3 is 5.11 Å². The summed E-state index contributed by atoms with van der Waals surface area (Å²) in [5.74, 6) is 0.868. The standard InChI is InChI=1S/C21H18N2OS/c1-13-6-8-16-17(11-22)21(25-20(16)10-13)23-12-18-15-5-3-2-4-14(15)7-9-19(18)24/h2-5,7,9,12-13,24H,6,8,10H2,1H3/b23-12+/t13-/m1/s1. The van der Waals surface area contributed by atoms with Crippen molar-refractivity contribution >= 4 is 33.3 Å². The maximum atomic E-state index is 10.3. The molecule has 1 atom stereocenters. The SMILES string of the molecule is C[C@@H]1CCc2c(sc(/N=C/c3c(O)ccc4ccccc34)c2C#N)C1. The highest BCUT2D eigenvalue weighted by molar-refractivity contribution is 7.16. The number of nitrogens with zero attached hydrogens (tertiary/aromatic N) is 2. The molecule has 2 aromatic carbocycles. The maximum Gasteiger partial charge on any atom is 0.134 e. The second kappa shape index (κ2) is 6.34. The molecule has 25 heavy (non-hydrogen) atoms. The van der Waals surface area contributed by atoms with Gasteiger partial charge in [0, 0.05) is 16.7 Å². The molecule has 1 aliphatic carbocycles. The van der Waals surface area contributed by atoms with E-state index in [0.29, 0.717) is 17.0 Å². The Bertz CT molecular complexity index is 1030. The van der Waals surface area contributed by atoms with E-state index in [-0.39, 0.29) is 5.75 Å². The first-order chi connectivity index (χ1) is 12.2. The van der Waals surface area contributed by atoms with Crippen LogP contribution in [0.25, 0.3) is 10.8 Å². The van der Waals surface area contributed by atoms with Crippen LogP contribution < -0.4 is 0 Å². The Labute approximate surface area is 150 Å². The Kier molecular flexibility index (Phi) is 4.03. The van der Waals surface area contributed by atoms with Gasteiger partial charge in [0.15, 0.2) is 0 Å².